The van der Waals surface area contributed by atoms with Crippen molar-refractivity contribution in [3.8, 4) is 0 Å². The van der Waals surface area contributed by atoms with Crippen LogP contribution in [0, 0.1) is 6.92 Å². The van der Waals surface area contributed by atoms with Crippen LogP contribution >= 0.6 is 27.5 Å². The molecule has 0 heterocycles. The number of hydrogen-bond acceptors (Lipinski definition) is 2. The van der Waals surface area contributed by atoms with Gasteiger partial charge < -0.3 is 10.4 Å². The molecule has 0 spiro atoms. The first-order chi connectivity index (χ1) is 9.90. The van der Waals surface area contributed by atoms with Gasteiger partial charge in [-0.25, -0.2) is 4.79 Å². The Morgan fingerprint density at radius 1 is 1.19 bits per heavy atom. The Hall–Kier alpha value is -1.85. The smallest absolute Gasteiger partial charge is 0.337 e. The van der Waals surface area contributed by atoms with Crippen LogP contribution in [0.25, 0.3) is 0 Å². The van der Waals surface area contributed by atoms with Crippen LogP contribution in [0.1, 0.15) is 26.3 Å². The Bertz CT molecular complexity index is 731. The van der Waals surface area contributed by atoms with Gasteiger partial charge >= 0.3 is 5.97 Å². The number of halogens is 2. The van der Waals surface area contributed by atoms with Crippen LogP contribution in [0.4, 0.5) is 5.69 Å². The molecule has 0 saturated heterocycles. The Morgan fingerprint density at radius 3 is 2.57 bits per heavy atom. The molecule has 6 heteroatoms. The maximum atomic E-state index is 12.3. The first-order valence-electron chi connectivity index (χ1n) is 5.99. The molecule has 4 nitrogen and oxygen atoms in total. The number of carboxylic acids is 1. The van der Waals surface area contributed by atoms with E-state index in [9.17, 15) is 14.7 Å². The summed E-state index contributed by atoms with van der Waals surface area (Å²) in [6.45, 7) is 1.78. The Kier molecular flexibility index (Phi) is 4.65. The Morgan fingerprint density at radius 2 is 1.90 bits per heavy atom. The van der Waals surface area contributed by atoms with Gasteiger partial charge in [0.2, 0.25) is 0 Å². The van der Waals surface area contributed by atoms with Gasteiger partial charge in [0.15, 0.2) is 0 Å². The first kappa shape index (κ1) is 15.5. The van der Waals surface area contributed by atoms with Crippen LogP contribution < -0.4 is 5.32 Å². The maximum absolute atomic E-state index is 12.3. The number of benzene rings is 2. The first-order valence-corrected chi connectivity index (χ1v) is 7.16. The lowest BCUT2D eigenvalue weighted by Gasteiger charge is -2.12. The number of carbonyl (C=O) groups excluding carboxylic acids is 1. The highest BCUT2D eigenvalue weighted by atomic mass is 79.9. The predicted molar refractivity (Wildman–Crippen MR) is 85.2 cm³/mol. The fourth-order valence-electron chi connectivity index (χ4n) is 1.85. The highest BCUT2D eigenvalue weighted by Gasteiger charge is 2.17. The monoisotopic (exact) mass is 367 g/mol. The summed E-state index contributed by atoms with van der Waals surface area (Å²) in [5.74, 6) is -1.53. The number of aryl methyl sites for hydroxylation is 1. The highest BCUT2D eigenvalue weighted by Crippen LogP contribution is 2.27. The Labute approximate surface area is 134 Å². The van der Waals surface area contributed by atoms with Crippen molar-refractivity contribution in [1.82, 2.24) is 0 Å². The third-order valence-corrected chi connectivity index (χ3v) is 3.82. The molecular weight excluding hydrogens is 358 g/mol. The minimum Gasteiger partial charge on any atom is -0.478 e. The zero-order chi connectivity index (χ0) is 15.6. The van der Waals surface area contributed by atoms with E-state index in [1.54, 1.807) is 37.3 Å². The second kappa shape index (κ2) is 6.28. The largest absolute Gasteiger partial charge is 0.478 e. The average molecular weight is 369 g/mol. The number of carboxylic acid groups (broad SMARTS) is 1. The van der Waals surface area contributed by atoms with E-state index in [0.29, 0.717) is 15.1 Å². The lowest BCUT2D eigenvalue weighted by atomic mass is 10.1. The zero-order valence-electron chi connectivity index (χ0n) is 11.0. The summed E-state index contributed by atoms with van der Waals surface area (Å²) in [4.78, 5) is 23.6. The van der Waals surface area contributed by atoms with Gasteiger partial charge in [-0.1, -0.05) is 23.7 Å². The summed E-state index contributed by atoms with van der Waals surface area (Å²) in [5, 5.41) is 12.2. The highest BCUT2D eigenvalue weighted by molar-refractivity contribution is 9.10. The number of amides is 1. The van der Waals surface area contributed by atoms with E-state index in [1.165, 1.54) is 6.07 Å². The van der Waals surface area contributed by atoms with Crippen molar-refractivity contribution in [2.45, 2.75) is 6.92 Å². The van der Waals surface area contributed by atoms with Crippen molar-refractivity contribution in [2.24, 2.45) is 0 Å². The van der Waals surface area contributed by atoms with Crippen LogP contribution in [0.5, 0.6) is 0 Å². The second-order valence-corrected chi connectivity index (χ2v) is 5.67. The van der Waals surface area contributed by atoms with Crippen molar-refractivity contribution in [2.75, 3.05) is 5.32 Å². The summed E-state index contributed by atoms with van der Waals surface area (Å²) in [5.41, 5.74) is 1.38. The van der Waals surface area contributed by atoms with Gasteiger partial charge in [0.25, 0.3) is 5.91 Å². The normalized spacial score (nSPS) is 10.2. The summed E-state index contributed by atoms with van der Waals surface area (Å²) in [6.07, 6.45) is 0. The summed E-state index contributed by atoms with van der Waals surface area (Å²) >= 11 is 9.14. The number of hydrogen-bond donors (Lipinski definition) is 2. The topological polar surface area (TPSA) is 66.4 Å². The molecule has 2 aromatic carbocycles. The molecule has 0 aromatic heterocycles. The van der Waals surface area contributed by atoms with Crippen molar-refractivity contribution in [3.63, 3.8) is 0 Å². The van der Waals surface area contributed by atoms with Crippen molar-refractivity contribution >= 4 is 45.1 Å². The van der Waals surface area contributed by atoms with E-state index in [4.69, 9.17) is 11.6 Å². The molecule has 0 fully saturated rings. The fourth-order valence-corrected chi connectivity index (χ4v) is 2.49. The van der Waals surface area contributed by atoms with Crippen molar-refractivity contribution in [1.29, 1.82) is 0 Å². The molecule has 108 valence electrons. The van der Waals surface area contributed by atoms with E-state index < -0.39 is 11.9 Å². The van der Waals surface area contributed by atoms with E-state index in [1.807, 2.05) is 0 Å². The molecule has 0 radical (unpaired) electrons. The molecule has 2 rings (SSSR count). The molecule has 0 saturated carbocycles. The SMILES string of the molecule is Cc1ccc(Cl)cc1C(=O)Nc1c(Br)cccc1C(=O)O. The number of nitrogens with one attached hydrogen (secondary N) is 1. The predicted octanol–water partition coefficient (Wildman–Crippen LogP) is 4.36. The van der Waals surface area contributed by atoms with Crippen molar-refractivity contribution in [3.05, 3.63) is 62.6 Å². The minimum absolute atomic E-state index is 0.0115. The molecule has 0 aliphatic heterocycles. The third-order valence-electron chi connectivity index (χ3n) is 2.93. The van der Waals surface area contributed by atoms with Gasteiger partial charge in [-0.15, -0.1) is 0 Å². The van der Waals surface area contributed by atoms with E-state index in [0.717, 1.165) is 5.56 Å². The zero-order valence-corrected chi connectivity index (χ0v) is 13.3. The maximum Gasteiger partial charge on any atom is 0.337 e. The molecule has 0 bridgehead atoms. The van der Waals surface area contributed by atoms with E-state index in [-0.39, 0.29) is 11.3 Å². The van der Waals surface area contributed by atoms with Gasteiger partial charge in [0, 0.05) is 15.1 Å². The molecule has 21 heavy (non-hydrogen) atoms. The number of para-hydroxylation sites is 1. The number of anilines is 1. The molecular formula is C15H11BrClNO3. The molecule has 0 atom stereocenters. The number of carbonyl (C=O) groups is 2. The van der Waals surface area contributed by atoms with Crippen LogP contribution in [0.3, 0.4) is 0 Å². The Balaban J connectivity index is 2.41. The number of aromatic carboxylic acids is 1. The van der Waals surface area contributed by atoms with Crippen LogP contribution in [-0.2, 0) is 0 Å². The molecule has 0 aliphatic rings. The van der Waals surface area contributed by atoms with Gasteiger partial charge in [0.1, 0.15) is 0 Å². The van der Waals surface area contributed by atoms with Crippen LogP contribution in [0.15, 0.2) is 40.9 Å². The lowest BCUT2D eigenvalue weighted by Crippen LogP contribution is -2.16. The molecule has 0 unspecified atom stereocenters. The summed E-state index contributed by atoms with van der Waals surface area (Å²) in [7, 11) is 0. The standard InChI is InChI=1S/C15H11BrClNO3/c1-8-5-6-9(17)7-11(8)14(19)18-13-10(15(20)21)3-2-4-12(13)16/h2-7H,1H3,(H,18,19)(H,20,21). The van der Waals surface area contributed by atoms with E-state index in [2.05, 4.69) is 21.2 Å². The van der Waals surface area contributed by atoms with E-state index >= 15 is 0 Å². The van der Waals surface area contributed by atoms with Gasteiger partial charge in [0.05, 0.1) is 11.3 Å². The lowest BCUT2D eigenvalue weighted by molar-refractivity contribution is 0.0698. The fraction of sp³-hybridized carbons (Fsp3) is 0.0667. The molecule has 2 aromatic rings. The van der Waals surface area contributed by atoms with Crippen molar-refractivity contribution < 1.29 is 14.7 Å². The molecule has 1 amide bonds. The minimum atomic E-state index is -1.12. The quantitative estimate of drug-likeness (QED) is 0.846. The third kappa shape index (κ3) is 3.43. The van der Waals surface area contributed by atoms with Crippen LogP contribution in [0.2, 0.25) is 5.02 Å². The molecule has 2 N–H and O–H groups in total. The number of rotatable bonds is 3. The second-order valence-electron chi connectivity index (χ2n) is 4.38. The van der Waals surface area contributed by atoms with Gasteiger partial charge in [-0.2, -0.15) is 0 Å². The average Bonchev–Trinajstić information content (AvgIpc) is 2.43. The molecule has 0 aliphatic carbocycles. The summed E-state index contributed by atoms with van der Waals surface area (Å²) in [6, 6.07) is 9.64. The van der Waals surface area contributed by atoms with Gasteiger partial charge in [-0.3, -0.25) is 4.79 Å². The summed E-state index contributed by atoms with van der Waals surface area (Å²) < 4.78 is 0.496. The van der Waals surface area contributed by atoms with Gasteiger partial charge in [-0.05, 0) is 52.7 Å². The van der Waals surface area contributed by atoms with Crippen LogP contribution in [-0.4, -0.2) is 17.0 Å².